The van der Waals surface area contributed by atoms with Crippen molar-refractivity contribution in [3.05, 3.63) is 205 Å². The van der Waals surface area contributed by atoms with E-state index in [1.165, 1.54) is 0 Å². The van der Waals surface area contributed by atoms with Crippen LogP contribution in [0.1, 0.15) is 17.2 Å². The van der Waals surface area contributed by atoms with Crippen LogP contribution in [0, 0.1) is 0 Å². The molecule has 1 N–H and O–H groups in total. The van der Waals surface area contributed by atoms with Crippen LogP contribution in [0.2, 0.25) is 0 Å². The molecule has 4 heteroatoms. The van der Waals surface area contributed by atoms with Crippen LogP contribution in [0.25, 0.3) is 66.8 Å². The lowest BCUT2D eigenvalue weighted by molar-refractivity contribution is 0.212. The van der Waals surface area contributed by atoms with Crippen LogP contribution < -0.4 is 0 Å². The summed E-state index contributed by atoms with van der Waals surface area (Å²) in [7, 11) is -3.90. The average Bonchev–Trinajstić information content (AvgIpc) is 3.23. The molecule has 1 aliphatic heterocycles. The summed E-state index contributed by atoms with van der Waals surface area (Å²) in [5.41, 5.74) is 12.8. The molecule has 0 amide bonds. The van der Waals surface area contributed by atoms with Gasteiger partial charge in [0.2, 0.25) is 9.84 Å². The summed E-state index contributed by atoms with van der Waals surface area (Å²) in [5.74, 6) is 0. The van der Waals surface area contributed by atoms with E-state index >= 15 is 0 Å². The molecule has 0 bridgehead atoms. The fourth-order valence-electron chi connectivity index (χ4n) is 7.44. The van der Waals surface area contributed by atoms with Gasteiger partial charge in [0.15, 0.2) is 0 Å². The predicted octanol–water partition coefficient (Wildman–Crippen LogP) is 11.9. The van der Waals surface area contributed by atoms with Crippen molar-refractivity contribution < 1.29 is 13.5 Å². The van der Waals surface area contributed by atoms with Crippen molar-refractivity contribution in [2.24, 2.45) is 0 Å². The fourth-order valence-corrected chi connectivity index (χ4v) is 9.13. The van der Waals surface area contributed by atoms with Crippen LogP contribution in [-0.4, -0.2) is 13.5 Å². The maximum atomic E-state index is 14.2. The first-order valence-electron chi connectivity index (χ1n) is 17.7. The Morgan fingerprint density at radius 2 is 0.566 bits per heavy atom. The lowest BCUT2D eigenvalue weighted by Gasteiger charge is -2.26. The highest BCUT2D eigenvalue weighted by Gasteiger charge is 2.35. The second kappa shape index (κ2) is 13.3. The topological polar surface area (TPSA) is 54.4 Å². The maximum Gasteiger partial charge on any atom is 0.207 e. The number of aliphatic hydroxyl groups is 1. The highest BCUT2D eigenvalue weighted by atomic mass is 32.2. The molecule has 8 aromatic rings. The molecule has 0 saturated heterocycles. The van der Waals surface area contributed by atoms with E-state index in [9.17, 15) is 13.5 Å². The van der Waals surface area contributed by atoms with E-state index < -0.39 is 15.9 Å². The summed E-state index contributed by atoms with van der Waals surface area (Å²) in [6.45, 7) is 0. The normalized spacial score (nSPS) is 13.2. The molecule has 9 rings (SSSR count). The first-order chi connectivity index (χ1) is 25.9. The van der Waals surface area contributed by atoms with Crippen LogP contribution in [0.15, 0.2) is 204 Å². The molecule has 254 valence electrons. The highest BCUT2D eigenvalue weighted by Crippen LogP contribution is 2.45. The van der Waals surface area contributed by atoms with Gasteiger partial charge >= 0.3 is 0 Å². The van der Waals surface area contributed by atoms with Crippen molar-refractivity contribution in [1.29, 1.82) is 0 Å². The lowest BCUT2D eigenvalue weighted by Crippen LogP contribution is -2.19. The molecular weight excluding hydrogens is 669 g/mol. The number of hydrogen-bond acceptors (Lipinski definition) is 3. The molecule has 0 unspecified atom stereocenters. The molecule has 0 aliphatic carbocycles. The summed E-state index contributed by atoms with van der Waals surface area (Å²) in [4.78, 5) is 0.267. The van der Waals surface area contributed by atoms with E-state index in [1.807, 2.05) is 97.1 Å². The zero-order chi connectivity index (χ0) is 35.9. The average molecular weight is 703 g/mol. The van der Waals surface area contributed by atoms with Crippen molar-refractivity contribution in [2.75, 3.05) is 0 Å². The Hall–Kier alpha value is -6.33. The minimum atomic E-state index is -3.90. The molecular formula is C49H34O3S. The van der Waals surface area contributed by atoms with Crippen LogP contribution in [0.5, 0.6) is 0 Å². The van der Waals surface area contributed by atoms with Gasteiger partial charge in [-0.2, -0.15) is 0 Å². The van der Waals surface area contributed by atoms with Crippen LogP contribution in [-0.2, 0) is 9.84 Å². The van der Waals surface area contributed by atoms with Crippen LogP contribution in [0.3, 0.4) is 0 Å². The lowest BCUT2D eigenvalue weighted by atomic mass is 9.90. The Balaban J connectivity index is 1.16. The third-order valence-electron chi connectivity index (χ3n) is 10.1. The summed E-state index contributed by atoms with van der Waals surface area (Å²) < 4.78 is 28.4. The molecule has 53 heavy (non-hydrogen) atoms. The van der Waals surface area contributed by atoms with E-state index in [4.69, 9.17) is 0 Å². The molecule has 0 atom stereocenters. The third-order valence-corrected chi connectivity index (χ3v) is 12.1. The molecule has 3 nitrogen and oxygen atoms in total. The van der Waals surface area contributed by atoms with Crippen LogP contribution in [0.4, 0.5) is 0 Å². The van der Waals surface area contributed by atoms with E-state index in [0.717, 1.165) is 66.8 Å². The van der Waals surface area contributed by atoms with Gasteiger partial charge in [-0.1, -0.05) is 133 Å². The van der Waals surface area contributed by atoms with Crippen molar-refractivity contribution in [2.45, 2.75) is 15.9 Å². The Morgan fingerprint density at radius 3 is 0.849 bits per heavy atom. The minimum absolute atomic E-state index is 0.133. The van der Waals surface area contributed by atoms with Gasteiger partial charge in [-0.05, 0) is 127 Å². The number of fused-ring (bicyclic) bond motifs is 2. The molecule has 0 radical (unpaired) electrons. The van der Waals surface area contributed by atoms with Gasteiger partial charge in [0.1, 0.15) is 6.10 Å². The van der Waals surface area contributed by atoms with Crippen molar-refractivity contribution in [3.8, 4) is 66.8 Å². The number of benzene rings is 8. The number of aliphatic hydroxyl groups excluding tert-OH is 1. The van der Waals surface area contributed by atoms with Gasteiger partial charge in [-0.15, -0.1) is 0 Å². The third kappa shape index (κ3) is 6.08. The first kappa shape index (κ1) is 32.6. The van der Waals surface area contributed by atoms with E-state index in [-0.39, 0.29) is 9.79 Å². The summed E-state index contributed by atoms with van der Waals surface area (Å²) in [6.07, 6.45) is -1.14. The number of sulfone groups is 1. The Morgan fingerprint density at radius 1 is 0.302 bits per heavy atom. The summed E-state index contributed by atoms with van der Waals surface area (Å²) in [6, 6.07) is 64.4. The van der Waals surface area contributed by atoms with Gasteiger partial charge < -0.3 is 5.11 Å². The first-order valence-corrected chi connectivity index (χ1v) is 19.1. The molecule has 1 heterocycles. The quantitative estimate of drug-likeness (QED) is 0.188. The molecule has 0 fully saturated rings. The fraction of sp³-hybridized carbons (Fsp3) is 0.0204. The number of hydrogen-bond donors (Lipinski definition) is 1. The van der Waals surface area contributed by atoms with Gasteiger partial charge in [0.05, 0.1) is 9.79 Å². The molecule has 8 aromatic carbocycles. The summed E-state index contributed by atoms with van der Waals surface area (Å²) >= 11 is 0. The standard InChI is InChI=1S/C49H34O3S/c50-49-45-31-37(43-27-39(33-13-5-1-6-14-33)25-40(28-43)34-15-7-2-8-16-34)21-23-47(45)53(51,52)48-24-22-38(32-46(48)49)44-29-41(35-17-9-3-10-18-35)26-42(30-44)36-19-11-4-12-20-36/h1-32,49-50H. The minimum Gasteiger partial charge on any atom is -0.384 e. The SMILES string of the molecule is O=S1(=O)c2ccc(-c3cc(-c4ccccc4)cc(-c4ccccc4)c3)cc2C(O)c2cc(-c3cc(-c4ccccc4)cc(-c4ccccc4)c3)ccc21. The second-order valence-corrected chi connectivity index (χ2v) is 15.4. The molecule has 0 aromatic heterocycles. The Bertz CT molecular complexity index is 2420. The van der Waals surface area contributed by atoms with Crippen LogP contribution >= 0.6 is 0 Å². The van der Waals surface area contributed by atoms with Gasteiger partial charge in [0, 0.05) is 11.1 Å². The predicted molar refractivity (Wildman–Crippen MR) is 215 cm³/mol. The van der Waals surface area contributed by atoms with Gasteiger partial charge in [-0.3, -0.25) is 0 Å². The summed E-state index contributed by atoms with van der Waals surface area (Å²) in [5, 5.41) is 12.1. The highest BCUT2D eigenvalue weighted by molar-refractivity contribution is 7.91. The maximum absolute atomic E-state index is 14.2. The van der Waals surface area contributed by atoms with E-state index in [1.54, 1.807) is 12.1 Å². The second-order valence-electron chi connectivity index (χ2n) is 13.5. The van der Waals surface area contributed by atoms with Gasteiger partial charge in [0.25, 0.3) is 0 Å². The van der Waals surface area contributed by atoms with Crippen molar-refractivity contribution in [1.82, 2.24) is 0 Å². The largest absolute Gasteiger partial charge is 0.384 e. The van der Waals surface area contributed by atoms with Gasteiger partial charge in [-0.25, -0.2) is 8.42 Å². The zero-order valence-electron chi connectivity index (χ0n) is 28.7. The smallest absolute Gasteiger partial charge is 0.207 e. The molecule has 0 spiro atoms. The van der Waals surface area contributed by atoms with Crippen molar-refractivity contribution in [3.63, 3.8) is 0 Å². The molecule has 1 aliphatic rings. The monoisotopic (exact) mass is 702 g/mol. The van der Waals surface area contributed by atoms with E-state index in [2.05, 4.69) is 84.9 Å². The zero-order valence-corrected chi connectivity index (χ0v) is 29.5. The number of rotatable bonds is 6. The Kier molecular flexibility index (Phi) is 8.19. The molecule has 0 saturated carbocycles. The van der Waals surface area contributed by atoms with E-state index in [0.29, 0.717) is 11.1 Å². The Labute approximate surface area is 310 Å². The van der Waals surface area contributed by atoms with Crippen molar-refractivity contribution >= 4 is 9.84 Å².